The van der Waals surface area contributed by atoms with Gasteiger partial charge in [-0.05, 0) is 19.3 Å². The maximum atomic E-state index is 12.3. The molecule has 2 rings (SSSR count). The molecule has 1 aliphatic rings. The first kappa shape index (κ1) is 12.0. The van der Waals surface area contributed by atoms with Gasteiger partial charge in [0.15, 0.2) is 5.01 Å². The van der Waals surface area contributed by atoms with Gasteiger partial charge in [0.25, 0.3) is 0 Å². The smallest absolute Gasteiger partial charge is 0.259 e. The molecule has 1 fully saturated rings. The van der Waals surface area contributed by atoms with Crippen LogP contribution < -0.4 is 0 Å². The third-order valence-corrected chi connectivity index (χ3v) is 5.37. The molecule has 0 bridgehead atoms. The van der Waals surface area contributed by atoms with Crippen LogP contribution in [0.3, 0.4) is 0 Å². The third kappa shape index (κ3) is 2.63. The number of halogens is 3. The first-order valence-electron chi connectivity index (χ1n) is 4.86. The predicted molar refractivity (Wildman–Crippen MR) is 56.9 cm³/mol. The lowest BCUT2D eigenvalue weighted by atomic mass is 10.2. The van der Waals surface area contributed by atoms with E-state index in [1.54, 1.807) is 0 Å². The number of nitrogens with zero attached hydrogens (tertiary/aromatic N) is 1. The SMILES string of the molecule is O=S1CCCC1Cc1cnc(C(F)(F)F)s1. The van der Waals surface area contributed by atoms with E-state index in [2.05, 4.69) is 4.98 Å². The van der Waals surface area contributed by atoms with E-state index in [0.29, 0.717) is 28.4 Å². The van der Waals surface area contributed by atoms with Crippen LogP contribution in [0, 0.1) is 0 Å². The molecule has 90 valence electrons. The number of alkyl halides is 3. The van der Waals surface area contributed by atoms with Gasteiger partial charge in [0, 0.05) is 32.9 Å². The Morgan fingerprint density at radius 2 is 2.31 bits per heavy atom. The van der Waals surface area contributed by atoms with Crippen LogP contribution in [0.4, 0.5) is 13.2 Å². The highest BCUT2D eigenvalue weighted by Crippen LogP contribution is 2.33. The number of aromatic nitrogens is 1. The zero-order valence-corrected chi connectivity index (χ0v) is 9.92. The molecule has 0 N–H and O–H groups in total. The molecule has 0 aromatic carbocycles. The summed E-state index contributed by atoms with van der Waals surface area (Å²) in [6, 6.07) is 0. The van der Waals surface area contributed by atoms with E-state index in [1.807, 2.05) is 0 Å². The van der Waals surface area contributed by atoms with Crippen molar-refractivity contribution < 1.29 is 17.4 Å². The lowest BCUT2D eigenvalue weighted by molar-refractivity contribution is -0.137. The Labute approximate surface area is 97.3 Å². The van der Waals surface area contributed by atoms with Crippen LogP contribution in [0.25, 0.3) is 0 Å². The van der Waals surface area contributed by atoms with E-state index in [0.717, 1.165) is 12.8 Å². The van der Waals surface area contributed by atoms with E-state index in [9.17, 15) is 17.4 Å². The van der Waals surface area contributed by atoms with Crippen molar-refractivity contribution in [3.05, 3.63) is 16.1 Å². The quantitative estimate of drug-likeness (QED) is 0.826. The highest BCUT2D eigenvalue weighted by molar-refractivity contribution is 7.85. The van der Waals surface area contributed by atoms with Crippen molar-refractivity contribution in [1.82, 2.24) is 4.98 Å². The molecule has 16 heavy (non-hydrogen) atoms. The Hall–Kier alpha value is -0.430. The minimum Gasteiger partial charge on any atom is -0.259 e. The molecule has 0 radical (unpaired) electrons. The van der Waals surface area contributed by atoms with Crippen molar-refractivity contribution in [3.8, 4) is 0 Å². The lowest BCUT2D eigenvalue weighted by Crippen LogP contribution is -2.11. The van der Waals surface area contributed by atoms with Crippen LogP contribution in [0.1, 0.15) is 22.7 Å². The lowest BCUT2D eigenvalue weighted by Gasteiger charge is -2.04. The zero-order chi connectivity index (χ0) is 11.8. The van der Waals surface area contributed by atoms with Crippen molar-refractivity contribution in [3.63, 3.8) is 0 Å². The predicted octanol–water partition coefficient (Wildman–Crippen LogP) is 2.62. The minimum atomic E-state index is -4.36. The van der Waals surface area contributed by atoms with Crippen molar-refractivity contribution in [2.45, 2.75) is 30.7 Å². The van der Waals surface area contributed by atoms with Gasteiger partial charge < -0.3 is 0 Å². The Kier molecular flexibility index (Phi) is 3.34. The topological polar surface area (TPSA) is 30.0 Å². The van der Waals surface area contributed by atoms with Crippen LogP contribution in [0.5, 0.6) is 0 Å². The summed E-state index contributed by atoms with van der Waals surface area (Å²) >= 11 is 0.658. The average molecular weight is 269 g/mol. The fourth-order valence-electron chi connectivity index (χ4n) is 1.70. The minimum absolute atomic E-state index is 0.0153. The van der Waals surface area contributed by atoms with E-state index < -0.39 is 22.0 Å². The third-order valence-electron chi connectivity index (χ3n) is 2.47. The molecular weight excluding hydrogens is 259 g/mol. The van der Waals surface area contributed by atoms with Gasteiger partial charge in [-0.15, -0.1) is 11.3 Å². The van der Waals surface area contributed by atoms with E-state index >= 15 is 0 Å². The van der Waals surface area contributed by atoms with Crippen molar-refractivity contribution in [2.24, 2.45) is 0 Å². The standard InChI is InChI=1S/C9H10F3NOS2/c10-9(11,12)8-13-5-6(15-8)4-7-2-1-3-16(7)14/h5,7H,1-4H2. The normalized spacial score (nSPS) is 26.2. The van der Waals surface area contributed by atoms with E-state index in [-0.39, 0.29) is 5.25 Å². The molecular formula is C9H10F3NOS2. The Morgan fingerprint density at radius 3 is 2.81 bits per heavy atom. The zero-order valence-electron chi connectivity index (χ0n) is 8.29. The van der Waals surface area contributed by atoms with Crippen LogP contribution in [0.15, 0.2) is 6.20 Å². The molecule has 2 unspecified atom stereocenters. The van der Waals surface area contributed by atoms with Crippen LogP contribution in [0.2, 0.25) is 0 Å². The van der Waals surface area contributed by atoms with Gasteiger partial charge in [-0.25, -0.2) is 4.98 Å². The second-order valence-corrected chi connectivity index (χ2v) is 6.63. The fourth-order valence-corrected chi connectivity index (χ4v) is 4.25. The molecule has 1 aromatic rings. The molecule has 0 spiro atoms. The van der Waals surface area contributed by atoms with Gasteiger partial charge in [0.1, 0.15) is 0 Å². The van der Waals surface area contributed by atoms with Crippen molar-refractivity contribution >= 4 is 22.1 Å². The maximum Gasteiger partial charge on any atom is 0.443 e. The van der Waals surface area contributed by atoms with E-state index in [1.165, 1.54) is 6.20 Å². The summed E-state index contributed by atoms with van der Waals surface area (Å²) < 4.78 is 48.3. The van der Waals surface area contributed by atoms with Gasteiger partial charge >= 0.3 is 6.18 Å². The maximum absolute atomic E-state index is 12.3. The summed E-state index contributed by atoms with van der Waals surface area (Å²) in [4.78, 5) is 3.93. The number of hydrogen-bond acceptors (Lipinski definition) is 3. The van der Waals surface area contributed by atoms with Crippen LogP contribution in [-0.2, 0) is 23.4 Å². The van der Waals surface area contributed by atoms with Gasteiger partial charge in [-0.2, -0.15) is 13.2 Å². The average Bonchev–Trinajstić information content (AvgIpc) is 2.76. The van der Waals surface area contributed by atoms with Crippen LogP contribution in [-0.4, -0.2) is 20.2 Å². The largest absolute Gasteiger partial charge is 0.443 e. The van der Waals surface area contributed by atoms with Gasteiger partial charge in [-0.1, -0.05) is 0 Å². The van der Waals surface area contributed by atoms with Crippen molar-refractivity contribution in [2.75, 3.05) is 5.75 Å². The van der Waals surface area contributed by atoms with Gasteiger partial charge in [-0.3, -0.25) is 4.21 Å². The second kappa shape index (κ2) is 4.44. The summed E-state index contributed by atoms with van der Waals surface area (Å²) in [5.41, 5.74) is 0. The Balaban J connectivity index is 2.05. The highest BCUT2D eigenvalue weighted by atomic mass is 32.2. The molecule has 1 aromatic heterocycles. The van der Waals surface area contributed by atoms with E-state index in [4.69, 9.17) is 0 Å². The molecule has 7 heteroatoms. The first-order chi connectivity index (χ1) is 7.47. The second-order valence-electron chi connectivity index (χ2n) is 3.68. The van der Waals surface area contributed by atoms with Crippen LogP contribution >= 0.6 is 11.3 Å². The summed E-state index contributed by atoms with van der Waals surface area (Å²) in [6.45, 7) is 0. The summed E-state index contributed by atoms with van der Waals surface area (Å²) in [5.74, 6) is 0.676. The molecule has 0 amide bonds. The first-order valence-corrected chi connectivity index (χ1v) is 7.06. The molecule has 2 atom stereocenters. The summed E-state index contributed by atoms with van der Waals surface area (Å²) in [6.07, 6.45) is -0.908. The Morgan fingerprint density at radius 1 is 1.56 bits per heavy atom. The van der Waals surface area contributed by atoms with Gasteiger partial charge in [0.05, 0.1) is 0 Å². The summed E-state index contributed by atoms with van der Waals surface area (Å²) in [5, 5.41) is -0.798. The Bertz CT molecular complexity index is 402. The molecule has 0 saturated carbocycles. The fraction of sp³-hybridized carbons (Fsp3) is 0.667. The molecule has 1 aliphatic heterocycles. The summed E-state index contributed by atoms with van der Waals surface area (Å²) in [7, 11) is -0.875. The van der Waals surface area contributed by atoms with Crippen molar-refractivity contribution in [1.29, 1.82) is 0 Å². The number of hydrogen-bond donors (Lipinski definition) is 0. The number of thiazole rings is 1. The molecule has 2 nitrogen and oxygen atoms in total. The van der Waals surface area contributed by atoms with Gasteiger partial charge in [0.2, 0.25) is 0 Å². The monoisotopic (exact) mass is 269 g/mol. The molecule has 1 saturated heterocycles. The molecule has 2 heterocycles. The molecule has 0 aliphatic carbocycles. The number of rotatable bonds is 2. The highest BCUT2D eigenvalue weighted by Gasteiger charge is 2.35.